The van der Waals surface area contributed by atoms with Crippen LogP contribution in [-0.2, 0) is 4.79 Å². The van der Waals surface area contributed by atoms with Crippen LogP contribution in [0, 0.1) is 5.92 Å². The molecule has 0 aromatic carbocycles. The molecule has 0 spiro atoms. The highest BCUT2D eigenvalue weighted by atomic mass is 16.1. The molecule has 0 aromatic heterocycles. The molecule has 12 heavy (non-hydrogen) atoms. The molecule has 1 aliphatic carbocycles. The maximum Gasteiger partial charge on any atom is 0.137 e. The van der Waals surface area contributed by atoms with Crippen LogP contribution in [0.2, 0.25) is 0 Å². The van der Waals surface area contributed by atoms with E-state index in [1.165, 1.54) is 25.9 Å². The smallest absolute Gasteiger partial charge is 0.137 e. The third kappa shape index (κ3) is 1.69. The summed E-state index contributed by atoms with van der Waals surface area (Å²) in [6.45, 7) is 3.51. The molecule has 2 rings (SSSR count). The Labute approximate surface area is 73.9 Å². The van der Waals surface area contributed by atoms with E-state index in [-0.39, 0.29) is 0 Å². The summed E-state index contributed by atoms with van der Waals surface area (Å²) in [5.41, 5.74) is 0. The van der Waals surface area contributed by atoms with Gasteiger partial charge in [-0.1, -0.05) is 6.42 Å². The Kier molecular flexibility index (Phi) is 2.45. The number of ketones is 1. The zero-order chi connectivity index (χ0) is 8.39. The summed E-state index contributed by atoms with van der Waals surface area (Å²) >= 11 is 0. The Hall–Kier alpha value is -0.370. The molecule has 0 aromatic rings. The van der Waals surface area contributed by atoms with Crippen LogP contribution in [0.25, 0.3) is 0 Å². The van der Waals surface area contributed by atoms with Crippen LogP contribution >= 0.6 is 0 Å². The van der Waals surface area contributed by atoms with Crippen molar-refractivity contribution < 1.29 is 4.79 Å². The minimum absolute atomic E-state index is 0.388. The molecule has 0 bridgehead atoms. The predicted molar refractivity (Wildman–Crippen MR) is 48.0 cm³/mol. The third-order valence-corrected chi connectivity index (χ3v) is 3.11. The number of Topliss-reactive ketones (excluding diaryl/α,β-unsaturated/α-hetero) is 1. The number of carbonyl (C=O) groups excluding carboxylic acids is 1. The van der Waals surface area contributed by atoms with Gasteiger partial charge in [-0.3, -0.25) is 4.79 Å². The third-order valence-electron chi connectivity index (χ3n) is 3.11. The predicted octanol–water partition coefficient (Wildman–Crippen LogP) is 1.45. The first-order valence-corrected chi connectivity index (χ1v) is 5.11. The second-order valence-corrected chi connectivity index (χ2v) is 4.06. The van der Waals surface area contributed by atoms with Gasteiger partial charge in [0.25, 0.3) is 0 Å². The molecule has 68 valence electrons. The first-order valence-electron chi connectivity index (χ1n) is 5.11. The minimum atomic E-state index is 0.388. The standard InChI is InChI=1S/C10H17NO/c12-10-5-2-1-4-9(10)8-11-6-3-7-11/h9H,1-8H2. The zero-order valence-electron chi connectivity index (χ0n) is 7.59. The van der Waals surface area contributed by atoms with Crippen molar-refractivity contribution in [3.05, 3.63) is 0 Å². The highest BCUT2D eigenvalue weighted by Gasteiger charge is 2.26. The van der Waals surface area contributed by atoms with Gasteiger partial charge in [-0.25, -0.2) is 0 Å². The Balaban J connectivity index is 1.80. The molecule has 2 nitrogen and oxygen atoms in total. The molecular weight excluding hydrogens is 150 g/mol. The number of hydrogen-bond donors (Lipinski definition) is 0. The molecule has 1 saturated heterocycles. The molecule has 0 radical (unpaired) electrons. The molecule has 1 unspecified atom stereocenters. The summed E-state index contributed by atoms with van der Waals surface area (Å²) in [7, 11) is 0. The lowest BCUT2D eigenvalue weighted by Crippen LogP contribution is -2.42. The van der Waals surface area contributed by atoms with Gasteiger partial charge in [0.2, 0.25) is 0 Å². The maximum absolute atomic E-state index is 11.4. The molecule has 0 N–H and O–H groups in total. The van der Waals surface area contributed by atoms with Crippen molar-refractivity contribution in [2.45, 2.75) is 32.1 Å². The second kappa shape index (κ2) is 3.56. The first kappa shape index (κ1) is 8.24. The minimum Gasteiger partial charge on any atom is -0.303 e. The first-order chi connectivity index (χ1) is 5.86. The van der Waals surface area contributed by atoms with Gasteiger partial charge in [0.15, 0.2) is 0 Å². The average Bonchev–Trinajstić information content (AvgIpc) is 2.00. The highest BCUT2D eigenvalue weighted by Crippen LogP contribution is 2.22. The average molecular weight is 167 g/mol. The fraction of sp³-hybridized carbons (Fsp3) is 0.900. The van der Waals surface area contributed by atoms with E-state index in [4.69, 9.17) is 0 Å². The fourth-order valence-electron chi connectivity index (χ4n) is 2.12. The van der Waals surface area contributed by atoms with Crippen LogP contribution in [0.5, 0.6) is 0 Å². The molecule has 1 saturated carbocycles. The van der Waals surface area contributed by atoms with E-state index in [9.17, 15) is 4.79 Å². The molecule has 2 aliphatic rings. The second-order valence-electron chi connectivity index (χ2n) is 4.06. The van der Waals surface area contributed by atoms with Crippen molar-refractivity contribution in [1.82, 2.24) is 4.90 Å². The van der Waals surface area contributed by atoms with Crippen molar-refractivity contribution in [3.63, 3.8) is 0 Å². The van der Waals surface area contributed by atoms with Gasteiger partial charge in [-0.2, -0.15) is 0 Å². The summed E-state index contributed by atoms with van der Waals surface area (Å²) in [5, 5.41) is 0. The van der Waals surface area contributed by atoms with Gasteiger partial charge in [-0.15, -0.1) is 0 Å². The number of carbonyl (C=O) groups is 1. The lowest BCUT2D eigenvalue weighted by Gasteiger charge is -2.34. The van der Waals surface area contributed by atoms with Crippen LogP contribution in [0.15, 0.2) is 0 Å². The fourth-order valence-corrected chi connectivity index (χ4v) is 2.12. The highest BCUT2D eigenvalue weighted by molar-refractivity contribution is 5.81. The van der Waals surface area contributed by atoms with E-state index in [0.29, 0.717) is 11.7 Å². The topological polar surface area (TPSA) is 20.3 Å². The van der Waals surface area contributed by atoms with E-state index < -0.39 is 0 Å². The molecule has 1 heterocycles. The van der Waals surface area contributed by atoms with Crippen LogP contribution in [0.4, 0.5) is 0 Å². The molecule has 1 atom stereocenters. The zero-order valence-corrected chi connectivity index (χ0v) is 7.59. The summed E-state index contributed by atoms with van der Waals surface area (Å²) in [6, 6.07) is 0. The number of likely N-dealkylation sites (tertiary alicyclic amines) is 1. The van der Waals surface area contributed by atoms with E-state index in [1.807, 2.05) is 0 Å². The molecule has 2 fully saturated rings. The monoisotopic (exact) mass is 167 g/mol. The van der Waals surface area contributed by atoms with E-state index in [2.05, 4.69) is 4.90 Å². The summed E-state index contributed by atoms with van der Waals surface area (Å²) in [6.07, 6.45) is 5.73. The van der Waals surface area contributed by atoms with Crippen molar-refractivity contribution >= 4 is 5.78 Å². The molecular formula is C10H17NO. The van der Waals surface area contributed by atoms with Crippen LogP contribution in [0.1, 0.15) is 32.1 Å². The van der Waals surface area contributed by atoms with Gasteiger partial charge in [-0.05, 0) is 32.4 Å². The number of nitrogens with zero attached hydrogens (tertiary/aromatic N) is 1. The Morgan fingerprint density at radius 2 is 2.08 bits per heavy atom. The maximum atomic E-state index is 11.4. The van der Waals surface area contributed by atoms with Crippen LogP contribution < -0.4 is 0 Å². The number of hydrogen-bond acceptors (Lipinski definition) is 2. The summed E-state index contributed by atoms with van der Waals surface area (Å²) < 4.78 is 0. The van der Waals surface area contributed by atoms with Gasteiger partial charge in [0, 0.05) is 18.9 Å². The normalized spacial score (nSPS) is 31.7. The quantitative estimate of drug-likeness (QED) is 0.620. The molecule has 0 amide bonds. The van der Waals surface area contributed by atoms with E-state index in [0.717, 1.165) is 25.8 Å². The van der Waals surface area contributed by atoms with E-state index >= 15 is 0 Å². The van der Waals surface area contributed by atoms with Gasteiger partial charge < -0.3 is 4.90 Å². The van der Waals surface area contributed by atoms with Crippen molar-refractivity contribution in [2.75, 3.05) is 19.6 Å². The van der Waals surface area contributed by atoms with Gasteiger partial charge >= 0.3 is 0 Å². The van der Waals surface area contributed by atoms with Gasteiger partial charge in [0.1, 0.15) is 5.78 Å². The summed E-state index contributed by atoms with van der Waals surface area (Å²) in [5.74, 6) is 0.909. The SMILES string of the molecule is O=C1CCCCC1CN1CCC1. The lowest BCUT2D eigenvalue weighted by atomic mass is 9.87. The van der Waals surface area contributed by atoms with E-state index in [1.54, 1.807) is 0 Å². The summed E-state index contributed by atoms with van der Waals surface area (Å²) in [4.78, 5) is 13.9. The van der Waals surface area contributed by atoms with Crippen molar-refractivity contribution in [2.24, 2.45) is 5.92 Å². The van der Waals surface area contributed by atoms with Crippen molar-refractivity contribution in [3.8, 4) is 0 Å². The Morgan fingerprint density at radius 3 is 2.67 bits per heavy atom. The van der Waals surface area contributed by atoms with Gasteiger partial charge in [0.05, 0.1) is 0 Å². The largest absolute Gasteiger partial charge is 0.303 e. The van der Waals surface area contributed by atoms with Crippen LogP contribution in [-0.4, -0.2) is 30.3 Å². The Morgan fingerprint density at radius 1 is 1.25 bits per heavy atom. The Bertz CT molecular complexity index is 175. The van der Waals surface area contributed by atoms with Crippen LogP contribution in [0.3, 0.4) is 0 Å². The molecule has 1 aliphatic heterocycles. The van der Waals surface area contributed by atoms with Crippen molar-refractivity contribution in [1.29, 1.82) is 0 Å². The lowest BCUT2D eigenvalue weighted by molar-refractivity contribution is -0.125. The number of rotatable bonds is 2. The molecule has 2 heteroatoms.